The van der Waals surface area contributed by atoms with Gasteiger partial charge in [0.25, 0.3) is 46.8 Å². The Bertz CT molecular complexity index is 3360. The highest BCUT2D eigenvalue weighted by molar-refractivity contribution is 6.27. The fourth-order valence-corrected chi connectivity index (χ4v) is 9.71. The van der Waals surface area contributed by atoms with Gasteiger partial charge in [0.1, 0.15) is 12.1 Å². The third-order valence-electron chi connectivity index (χ3n) is 13.8. The lowest BCUT2D eigenvalue weighted by atomic mass is 9.93. The van der Waals surface area contributed by atoms with Crippen LogP contribution in [0.5, 0.6) is 0 Å². The fraction of sp³-hybridized carbons (Fsp3) is 0.309. The molecule has 0 aromatic heterocycles. The van der Waals surface area contributed by atoms with E-state index < -0.39 is 87.5 Å². The molecule has 0 radical (unpaired) electrons. The van der Waals surface area contributed by atoms with Gasteiger partial charge in [-0.05, 0) is 61.2 Å². The van der Waals surface area contributed by atoms with Gasteiger partial charge in [-0.15, -0.1) is 0 Å². The van der Waals surface area contributed by atoms with Crippen LogP contribution in [0.25, 0.3) is 21.5 Å². The molecule has 5 aromatic carbocycles. The smallest absolute Gasteiger partial charge is 0.270 e. The second kappa shape index (κ2) is 24.6. The number of nitrogens with one attached hydrogen (secondary N) is 4. The first-order chi connectivity index (χ1) is 37.9. The summed E-state index contributed by atoms with van der Waals surface area (Å²) < 4.78 is 0. The number of imide groups is 3. The summed E-state index contributed by atoms with van der Waals surface area (Å²) in [4.78, 5) is 160. The van der Waals surface area contributed by atoms with Gasteiger partial charge >= 0.3 is 0 Å². The van der Waals surface area contributed by atoms with Crippen molar-refractivity contribution in [3.63, 3.8) is 0 Å². The average Bonchev–Trinajstić information content (AvgIpc) is 3.96. The van der Waals surface area contributed by atoms with Crippen molar-refractivity contribution in [3.05, 3.63) is 151 Å². The van der Waals surface area contributed by atoms with E-state index in [0.29, 0.717) is 41.0 Å². The van der Waals surface area contributed by atoms with Crippen LogP contribution in [-0.2, 0) is 35.2 Å². The van der Waals surface area contributed by atoms with Crippen LogP contribution in [-0.4, -0.2) is 153 Å². The molecule has 0 fully saturated rings. The molecule has 79 heavy (non-hydrogen) atoms. The fourth-order valence-electron chi connectivity index (χ4n) is 9.71. The van der Waals surface area contributed by atoms with E-state index in [9.17, 15) is 68.2 Å². The molecule has 24 heteroatoms. The summed E-state index contributed by atoms with van der Waals surface area (Å²) in [5, 5.41) is 35.8. The van der Waals surface area contributed by atoms with Gasteiger partial charge in [0.2, 0.25) is 23.6 Å². The van der Waals surface area contributed by atoms with Crippen LogP contribution in [0.4, 0.5) is 11.4 Å². The van der Waals surface area contributed by atoms with Crippen LogP contribution in [0.1, 0.15) is 86.0 Å². The second-order valence-electron chi connectivity index (χ2n) is 19.0. The molecule has 5 aromatic rings. The van der Waals surface area contributed by atoms with E-state index in [1.165, 1.54) is 54.3 Å². The minimum atomic E-state index is -1.24. The molecule has 0 unspecified atom stereocenters. The second-order valence-corrected chi connectivity index (χ2v) is 19.0. The summed E-state index contributed by atoms with van der Waals surface area (Å²) in [6.45, 7) is 0.577. The maximum Gasteiger partial charge on any atom is 0.270 e. The van der Waals surface area contributed by atoms with Crippen molar-refractivity contribution in [2.75, 3.05) is 52.4 Å². The summed E-state index contributed by atoms with van der Waals surface area (Å²) in [5.41, 5.74) is 0.279. The molecule has 0 aliphatic carbocycles. The monoisotopic (exact) mass is 1080 g/mol. The Hall–Kier alpha value is -9.58. The summed E-state index contributed by atoms with van der Waals surface area (Å²) in [7, 11) is 0. The lowest BCUT2D eigenvalue weighted by Gasteiger charge is -2.30. The van der Waals surface area contributed by atoms with Crippen LogP contribution in [0.3, 0.4) is 0 Å². The van der Waals surface area contributed by atoms with Crippen LogP contribution in [0, 0.1) is 20.2 Å². The zero-order valence-corrected chi connectivity index (χ0v) is 42.8. The number of carbonyl (C=O) groups excluding carboxylic acids is 10. The van der Waals surface area contributed by atoms with Gasteiger partial charge < -0.3 is 26.2 Å². The van der Waals surface area contributed by atoms with Crippen LogP contribution in [0.15, 0.2) is 103 Å². The molecule has 0 bridgehead atoms. The normalized spacial score (nSPS) is 14.5. The Morgan fingerprint density at radius 2 is 1.15 bits per heavy atom. The predicted octanol–water partition coefficient (Wildman–Crippen LogP) is 3.34. The van der Waals surface area contributed by atoms with Gasteiger partial charge in [0.15, 0.2) is 0 Å². The Morgan fingerprint density at radius 1 is 0.582 bits per heavy atom. The van der Waals surface area contributed by atoms with E-state index in [0.717, 1.165) is 26.8 Å². The van der Waals surface area contributed by atoms with Gasteiger partial charge in [-0.2, -0.15) is 0 Å². The molecule has 3 aliphatic rings. The van der Waals surface area contributed by atoms with Gasteiger partial charge in [0.05, 0.1) is 27.5 Å². The SMILES string of the molecule is C[C@H](NC(=O)CCCCCN1C(=O)C=CC1=O)C(=O)N[C@@H](Cc1ccccc1)C(=O)NCC(=O)N(CCCNCCN1C(=O)c2cccc3cc([N+](=O)[O-])cc(c23)C1=O)CCN1C(=O)c2cccc3cc([N+](=O)[O-])cc(c23)C1=O. The van der Waals surface area contributed by atoms with Gasteiger partial charge in [-0.1, -0.05) is 61.0 Å². The van der Waals surface area contributed by atoms with Crippen molar-refractivity contribution < 1.29 is 57.8 Å². The Balaban J connectivity index is 0.906. The third-order valence-corrected chi connectivity index (χ3v) is 13.8. The molecule has 10 amide bonds. The first-order valence-corrected chi connectivity index (χ1v) is 25.5. The lowest BCUT2D eigenvalue weighted by Crippen LogP contribution is -2.55. The summed E-state index contributed by atoms with van der Waals surface area (Å²) >= 11 is 0. The zero-order chi connectivity index (χ0) is 56.5. The van der Waals surface area contributed by atoms with Crippen molar-refractivity contribution in [2.24, 2.45) is 0 Å². The number of carbonyl (C=O) groups is 10. The van der Waals surface area contributed by atoms with Crippen molar-refractivity contribution in [3.8, 4) is 0 Å². The van der Waals surface area contributed by atoms with Crippen molar-refractivity contribution in [1.29, 1.82) is 0 Å². The van der Waals surface area contributed by atoms with E-state index in [-0.39, 0.29) is 104 Å². The lowest BCUT2D eigenvalue weighted by molar-refractivity contribution is -0.384. The maximum absolute atomic E-state index is 14.2. The number of nitro benzene ring substituents is 2. The summed E-state index contributed by atoms with van der Waals surface area (Å²) in [6.07, 6.45) is 4.08. The van der Waals surface area contributed by atoms with E-state index in [1.54, 1.807) is 48.5 Å². The van der Waals surface area contributed by atoms with E-state index in [1.807, 2.05) is 0 Å². The topological polar surface area (TPSA) is 318 Å². The van der Waals surface area contributed by atoms with Crippen molar-refractivity contribution in [1.82, 2.24) is 40.9 Å². The van der Waals surface area contributed by atoms with Gasteiger partial charge in [0, 0.05) is 110 Å². The number of rotatable bonds is 26. The van der Waals surface area contributed by atoms with Gasteiger partial charge in [-0.25, -0.2) is 0 Å². The molecule has 408 valence electrons. The maximum atomic E-state index is 14.2. The number of nitrogens with zero attached hydrogens (tertiary/aromatic N) is 6. The largest absolute Gasteiger partial charge is 0.345 e. The minimum Gasteiger partial charge on any atom is -0.345 e. The number of amides is 10. The average molecular weight is 1080 g/mol. The minimum absolute atomic E-state index is 0.0114. The number of non-ortho nitro benzene ring substituents is 2. The number of unbranched alkanes of at least 4 members (excludes halogenated alkanes) is 2. The summed E-state index contributed by atoms with van der Waals surface area (Å²) in [5.74, 6) is -6.11. The molecule has 2 atom stereocenters. The van der Waals surface area contributed by atoms with E-state index in [2.05, 4.69) is 21.3 Å². The number of hydrogen-bond donors (Lipinski definition) is 4. The molecule has 8 rings (SSSR count). The third kappa shape index (κ3) is 12.7. The summed E-state index contributed by atoms with van der Waals surface area (Å²) in [6, 6.07) is 20.5. The molecule has 24 nitrogen and oxygen atoms in total. The first kappa shape index (κ1) is 55.6. The Labute approximate surface area is 450 Å². The molecule has 3 heterocycles. The predicted molar refractivity (Wildman–Crippen MR) is 283 cm³/mol. The number of hydrogen-bond acceptors (Lipinski definition) is 15. The highest BCUT2D eigenvalue weighted by atomic mass is 16.6. The number of nitro groups is 2. The zero-order valence-electron chi connectivity index (χ0n) is 42.8. The molecular formula is C55H54N10O14. The quantitative estimate of drug-likeness (QED) is 0.0267. The number of benzene rings is 5. The highest BCUT2D eigenvalue weighted by Gasteiger charge is 2.37. The molecule has 0 saturated carbocycles. The molecule has 4 N–H and O–H groups in total. The highest BCUT2D eigenvalue weighted by Crippen LogP contribution is 2.35. The first-order valence-electron chi connectivity index (χ1n) is 25.5. The van der Waals surface area contributed by atoms with Gasteiger partial charge in [-0.3, -0.25) is 82.9 Å². The Kier molecular flexibility index (Phi) is 17.3. The Morgan fingerprint density at radius 3 is 1.73 bits per heavy atom. The van der Waals surface area contributed by atoms with Crippen molar-refractivity contribution in [2.45, 2.75) is 57.5 Å². The van der Waals surface area contributed by atoms with E-state index >= 15 is 0 Å². The van der Waals surface area contributed by atoms with Crippen LogP contribution < -0.4 is 21.3 Å². The molecule has 0 saturated heterocycles. The molecule has 3 aliphatic heterocycles. The van der Waals surface area contributed by atoms with E-state index in [4.69, 9.17) is 0 Å². The molecule has 0 spiro atoms. The standard InChI is InChI=1S/C55H54N10O14/c1-33(58-44(66)17-6-3-7-23-61-45(67)18-19-46(61)68)50(70)59-43(27-34-11-4-2-5-12-34)51(71)57-32-47(69)60(25-26-63-53(73)40-16-9-14-36-29-38(65(78)79)31-42(49(36)40)55(63)75)22-10-20-56-21-24-62-52(72)39-15-8-13-35-28-37(64(76)77)30-41(48(35)39)54(62)74/h2,4-5,8-9,11-16,18-19,28-31,33,43,56H,3,6-7,10,17,20-27,32H2,1H3,(H,57,71)(H,58,66)(H,59,70)/t33-,43-/m0/s1. The van der Waals surface area contributed by atoms with Crippen LogP contribution >= 0.6 is 0 Å². The molecular weight excluding hydrogens is 1020 g/mol. The van der Waals surface area contributed by atoms with Crippen molar-refractivity contribution >= 4 is 92.0 Å². The van der Waals surface area contributed by atoms with Crippen LogP contribution in [0.2, 0.25) is 0 Å².